The first-order chi connectivity index (χ1) is 13.7. The van der Waals surface area contributed by atoms with E-state index in [1.165, 1.54) is 0 Å². The van der Waals surface area contributed by atoms with Gasteiger partial charge in [-0.05, 0) is 62.8 Å². The molecule has 146 valence electrons. The number of nitrogens with zero attached hydrogens (tertiary/aromatic N) is 4. The first kappa shape index (κ1) is 18.6. The van der Waals surface area contributed by atoms with Crippen LogP contribution in [0.4, 0.5) is 4.39 Å². The fraction of sp³-hybridized carbons (Fsp3) is 0.409. The molecule has 2 aromatic heterocycles. The number of rotatable bonds is 5. The molecule has 2 heterocycles. The van der Waals surface area contributed by atoms with Gasteiger partial charge in [-0.2, -0.15) is 0 Å². The Morgan fingerprint density at radius 2 is 1.93 bits per heavy atom. The zero-order chi connectivity index (χ0) is 19.5. The van der Waals surface area contributed by atoms with Gasteiger partial charge in [-0.25, -0.2) is 9.37 Å². The summed E-state index contributed by atoms with van der Waals surface area (Å²) in [5.41, 5.74) is 1.52. The maximum absolute atomic E-state index is 14.7. The van der Waals surface area contributed by atoms with E-state index in [4.69, 9.17) is 4.74 Å². The van der Waals surface area contributed by atoms with Gasteiger partial charge in [0.1, 0.15) is 23.6 Å². The average Bonchev–Trinajstić information content (AvgIpc) is 3.10. The van der Waals surface area contributed by atoms with Crippen molar-refractivity contribution in [2.75, 3.05) is 0 Å². The Kier molecular flexibility index (Phi) is 5.37. The summed E-state index contributed by atoms with van der Waals surface area (Å²) < 4.78 is 22.6. The summed E-state index contributed by atoms with van der Waals surface area (Å²) in [7, 11) is 0. The van der Waals surface area contributed by atoms with Crippen LogP contribution in [0.1, 0.15) is 55.7 Å². The summed E-state index contributed by atoms with van der Waals surface area (Å²) >= 11 is 0. The predicted octanol–water partition coefficient (Wildman–Crippen LogP) is 4.78. The molecule has 0 radical (unpaired) electrons. The molecule has 0 aliphatic heterocycles. The van der Waals surface area contributed by atoms with Crippen LogP contribution >= 0.6 is 0 Å². The Balaban J connectivity index is 1.51. The van der Waals surface area contributed by atoms with Crippen LogP contribution in [0.2, 0.25) is 0 Å². The number of aryl methyl sites for hydroxylation is 2. The smallest absolute Gasteiger partial charge is 0.213 e. The number of pyridine rings is 1. The second-order valence-corrected chi connectivity index (χ2v) is 7.34. The molecule has 0 N–H and O–H groups in total. The summed E-state index contributed by atoms with van der Waals surface area (Å²) in [6, 6.07) is 11.1. The van der Waals surface area contributed by atoms with Gasteiger partial charge < -0.3 is 4.74 Å². The van der Waals surface area contributed by atoms with Crippen LogP contribution in [0.25, 0.3) is 5.69 Å². The molecule has 0 unspecified atom stereocenters. The van der Waals surface area contributed by atoms with Crippen LogP contribution in [-0.2, 0) is 6.42 Å². The van der Waals surface area contributed by atoms with Crippen molar-refractivity contribution >= 4 is 0 Å². The van der Waals surface area contributed by atoms with Crippen molar-refractivity contribution in [2.24, 2.45) is 0 Å². The first-order valence-electron chi connectivity index (χ1n) is 9.94. The van der Waals surface area contributed by atoms with Gasteiger partial charge in [0.15, 0.2) is 0 Å². The van der Waals surface area contributed by atoms with Crippen LogP contribution in [0, 0.1) is 12.7 Å². The molecule has 1 aromatic carbocycles. The van der Waals surface area contributed by atoms with Gasteiger partial charge in [0.2, 0.25) is 5.88 Å². The highest BCUT2D eigenvalue weighted by atomic mass is 19.1. The minimum Gasteiger partial charge on any atom is -0.474 e. The summed E-state index contributed by atoms with van der Waals surface area (Å²) in [5, 5.41) is 8.65. The Labute approximate surface area is 164 Å². The van der Waals surface area contributed by atoms with Gasteiger partial charge in [0.25, 0.3) is 0 Å². The number of benzene rings is 1. The predicted molar refractivity (Wildman–Crippen MR) is 105 cm³/mol. The van der Waals surface area contributed by atoms with Gasteiger partial charge in [0, 0.05) is 18.2 Å². The second kappa shape index (κ2) is 8.09. The molecule has 28 heavy (non-hydrogen) atoms. The van der Waals surface area contributed by atoms with Crippen molar-refractivity contribution in [3.05, 3.63) is 65.6 Å². The zero-order valence-electron chi connectivity index (χ0n) is 16.3. The van der Waals surface area contributed by atoms with Gasteiger partial charge in [-0.15, -0.1) is 10.2 Å². The van der Waals surface area contributed by atoms with Gasteiger partial charge in [0.05, 0.1) is 5.69 Å². The number of hydrogen-bond acceptors (Lipinski definition) is 4. The van der Waals surface area contributed by atoms with Gasteiger partial charge in [-0.3, -0.25) is 4.57 Å². The second-order valence-electron chi connectivity index (χ2n) is 7.34. The third-order valence-corrected chi connectivity index (χ3v) is 5.48. The van der Waals surface area contributed by atoms with E-state index in [9.17, 15) is 4.39 Å². The summed E-state index contributed by atoms with van der Waals surface area (Å²) in [4.78, 5) is 4.24. The maximum Gasteiger partial charge on any atom is 0.213 e. The number of hydrogen-bond donors (Lipinski definition) is 0. The lowest BCUT2D eigenvalue weighted by molar-refractivity contribution is 0.139. The molecular weight excluding hydrogens is 355 g/mol. The Hall–Kier alpha value is -2.76. The first-order valence-corrected chi connectivity index (χ1v) is 9.94. The largest absolute Gasteiger partial charge is 0.474 e. The van der Waals surface area contributed by atoms with E-state index in [0.717, 1.165) is 43.5 Å². The lowest BCUT2D eigenvalue weighted by Crippen LogP contribution is -2.25. The molecule has 5 nitrogen and oxygen atoms in total. The molecule has 1 saturated carbocycles. The van der Waals surface area contributed by atoms with Crippen molar-refractivity contribution in [1.29, 1.82) is 0 Å². The molecule has 0 spiro atoms. The molecule has 4 rings (SSSR count). The molecule has 0 atom stereocenters. The molecule has 0 bridgehead atoms. The molecule has 0 saturated heterocycles. The summed E-state index contributed by atoms with van der Waals surface area (Å²) in [6.07, 6.45) is 6.42. The summed E-state index contributed by atoms with van der Waals surface area (Å²) in [5.74, 6) is 2.25. The average molecular weight is 380 g/mol. The quantitative estimate of drug-likeness (QED) is 0.639. The molecular formula is C22H25FN4O. The van der Waals surface area contributed by atoms with E-state index in [1.807, 2.05) is 48.7 Å². The van der Waals surface area contributed by atoms with Gasteiger partial charge in [-0.1, -0.05) is 19.1 Å². The SMILES string of the molecule is CCc1ccc(-n2c(C)nnc2C2CCC(Oc3ccccn3)CC2)c(F)c1. The Morgan fingerprint density at radius 1 is 1.11 bits per heavy atom. The molecule has 1 aliphatic carbocycles. The van der Waals surface area contributed by atoms with Gasteiger partial charge >= 0.3 is 0 Å². The van der Waals surface area contributed by atoms with Crippen molar-refractivity contribution in [3.63, 3.8) is 0 Å². The van der Waals surface area contributed by atoms with Crippen molar-refractivity contribution in [3.8, 4) is 11.6 Å². The van der Waals surface area contributed by atoms with Crippen molar-refractivity contribution in [2.45, 2.75) is 58.0 Å². The monoisotopic (exact) mass is 380 g/mol. The minimum absolute atomic E-state index is 0.157. The summed E-state index contributed by atoms with van der Waals surface area (Å²) in [6.45, 7) is 3.90. The molecule has 1 fully saturated rings. The molecule has 1 aliphatic rings. The Bertz CT molecular complexity index is 933. The lowest BCUT2D eigenvalue weighted by Gasteiger charge is -2.28. The van der Waals surface area contributed by atoms with Crippen molar-refractivity contribution in [1.82, 2.24) is 19.7 Å². The topological polar surface area (TPSA) is 52.8 Å². The molecule has 3 aromatic rings. The highest BCUT2D eigenvalue weighted by Crippen LogP contribution is 2.35. The Morgan fingerprint density at radius 3 is 2.61 bits per heavy atom. The lowest BCUT2D eigenvalue weighted by atomic mass is 9.86. The van der Waals surface area contributed by atoms with E-state index >= 15 is 0 Å². The third-order valence-electron chi connectivity index (χ3n) is 5.48. The maximum atomic E-state index is 14.7. The molecule has 0 amide bonds. The van der Waals surface area contributed by atoms with Crippen LogP contribution < -0.4 is 4.74 Å². The minimum atomic E-state index is -0.226. The van der Waals surface area contributed by atoms with Crippen LogP contribution in [0.15, 0.2) is 42.6 Å². The number of ether oxygens (including phenoxy) is 1. The van der Waals surface area contributed by atoms with E-state index in [0.29, 0.717) is 17.4 Å². The fourth-order valence-electron chi connectivity index (χ4n) is 3.92. The van der Waals surface area contributed by atoms with Crippen molar-refractivity contribution < 1.29 is 9.13 Å². The number of aromatic nitrogens is 4. The van der Waals surface area contributed by atoms with Crippen LogP contribution in [-0.4, -0.2) is 25.9 Å². The highest BCUT2D eigenvalue weighted by Gasteiger charge is 2.28. The standard InChI is InChI=1S/C22H25FN4O/c1-3-16-7-12-20(19(23)14-16)27-15(2)25-26-22(27)17-8-10-18(11-9-17)28-21-6-4-5-13-24-21/h4-7,12-14,17-18H,3,8-11H2,1-2H3. The fourth-order valence-corrected chi connectivity index (χ4v) is 3.92. The van der Waals surface area contributed by atoms with E-state index in [2.05, 4.69) is 15.2 Å². The highest BCUT2D eigenvalue weighted by molar-refractivity contribution is 5.39. The van der Waals surface area contributed by atoms with Crippen LogP contribution in [0.3, 0.4) is 0 Å². The molecule has 6 heteroatoms. The van der Waals surface area contributed by atoms with E-state index < -0.39 is 0 Å². The van der Waals surface area contributed by atoms with E-state index in [1.54, 1.807) is 12.3 Å². The zero-order valence-corrected chi connectivity index (χ0v) is 16.3. The van der Waals surface area contributed by atoms with Crippen LogP contribution in [0.5, 0.6) is 5.88 Å². The number of halogens is 1. The normalized spacial score (nSPS) is 19.5. The third kappa shape index (κ3) is 3.77. The van der Waals surface area contributed by atoms with E-state index in [-0.39, 0.29) is 17.8 Å².